The van der Waals surface area contributed by atoms with Gasteiger partial charge in [-0.15, -0.1) is 6.58 Å². The predicted octanol–water partition coefficient (Wildman–Crippen LogP) is 2.15. The van der Waals surface area contributed by atoms with E-state index in [9.17, 15) is 4.79 Å². The van der Waals surface area contributed by atoms with Crippen LogP contribution in [0.1, 0.15) is 26.7 Å². The Morgan fingerprint density at radius 1 is 1.67 bits per heavy atom. The molecule has 68 valence electrons. The number of rotatable bonds is 4. The third-order valence-corrected chi connectivity index (χ3v) is 2.12. The van der Waals surface area contributed by atoms with E-state index >= 15 is 0 Å². The van der Waals surface area contributed by atoms with E-state index in [1.54, 1.807) is 0 Å². The summed E-state index contributed by atoms with van der Waals surface area (Å²) in [6.07, 6.45) is 1.97. The number of allylic oxidation sites excluding steroid dienone is 1. The van der Waals surface area contributed by atoms with Crippen molar-refractivity contribution >= 4 is 5.97 Å². The van der Waals surface area contributed by atoms with Gasteiger partial charge in [-0.1, -0.05) is 5.57 Å². The molecule has 1 aliphatic carbocycles. The van der Waals surface area contributed by atoms with Crippen LogP contribution in [0.4, 0.5) is 0 Å². The number of esters is 1. The highest BCUT2D eigenvalue weighted by molar-refractivity contribution is 5.75. The van der Waals surface area contributed by atoms with Gasteiger partial charge in [-0.2, -0.15) is 0 Å². The first kappa shape index (κ1) is 9.30. The molecule has 0 aromatic rings. The fourth-order valence-electron chi connectivity index (χ4n) is 1.46. The van der Waals surface area contributed by atoms with Crippen molar-refractivity contribution in [3.8, 4) is 0 Å². The van der Waals surface area contributed by atoms with Gasteiger partial charge < -0.3 is 4.74 Å². The van der Waals surface area contributed by atoms with E-state index in [1.165, 1.54) is 0 Å². The van der Waals surface area contributed by atoms with Gasteiger partial charge in [-0.3, -0.25) is 4.79 Å². The molecule has 2 unspecified atom stereocenters. The van der Waals surface area contributed by atoms with Crippen molar-refractivity contribution in [2.24, 2.45) is 11.8 Å². The van der Waals surface area contributed by atoms with Crippen LogP contribution in [0.15, 0.2) is 12.2 Å². The molecule has 1 fully saturated rings. The summed E-state index contributed by atoms with van der Waals surface area (Å²) in [5.41, 5.74) is 1.16. The van der Waals surface area contributed by atoms with Crippen LogP contribution in [0.25, 0.3) is 0 Å². The van der Waals surface area contributed by atoms with Crippen molar-refractivity contribution in [2.75, 3.05) is 6.61 Å². The summed E-state index contributed by atoms with van der Waals surface area (Å²) in [4.78, 5) is 11.1. The molecule has 0 radical (unpaired) electrons. The molecule has 1 rings (SSSR count). The van der Waals surface area contributed by atoms with Crippen molar-refractivity contribution in [3.05, 3.63) is 12.2 Å². The van der Waals surface area contributed by atoms with Crippen LogP contribution in [0, 0.1) is 11.8 Å². The quantitative estimate of drug-likeness (QED) is 0.475. The van der Waals surface area contributed by atoms with Crippen molar-refractivity contribution < 1.29 is 9.53 Å². The van der Waals surface area contributed by atoms with E-state index in [0.29, 0.717) is 12.5 Å². The molecule has 2 heteroatoms. The number of carbonyl (C=O) groups excluding carboxylic acids is 1. The molecule has 0 aliphatic heterocycles. The first-order valence-electron chi connectivity index (χ1n) is 4.46. The van der Waals surface area contributed by atoms with Crippen LogP contribution in [0.5, 0.6) is 0 Å². The van der Waals surface area contributed by atoms with Crippen molar-refractivity contribution in [2.45, 2.75) is 26.7 Å². The average molecular weight is 168 g/mol. The van der Waals surface area contributed by atoms with Crippen LogP contribution in [0.3, 0.4) is 0 Å². The van der Waals surface area contributed by atoms with E-state index in [4.69, 9.17) is 4.74 Å². The zero-order chi connectivity index (χ0) is 9.14. The highest BCUT2D eigenvalue weighted by atomic mass is 16.5. The van der Waals surface area contributed by atoms with Gasteiger partial charge in [-0.05, 0) is 32.6 Å². The normalized spacial score (nSPS) is 26.5. The molecule has 0 heterocycles. The SMILES string of the molecule is C=C(C)CC1CC1C(=O)OCC. The van der Waals surface area contributed by atoms with Crippen molar-refractivity contribution in [1.82, 2.24) is 0 Å². The first-order chi connectivity index (χ1) is 5.65. The second-order valence-electron chi connectivity index (χ2n) is 3.52. The van der Waals surface area contributed by atoms with E-state index in [-0.39, 0.29) is 11.9 Å². The Kier molecular flexibility index (Phi) is 2.90. The molecule has 0 amide bonds. The van der Waals surface area contributed by atoms with Crippen LogP contribution in [-0.4, -0.2) is 12.6 Å². The molecule has 0 saturated heterocycles. The van der Waals surface area contributed by atoms with Gasteiger partial charge in [0.25, 0.3) is 0 Å². The second kappa shape index (κ2) is 3.74. The minimum Gasteiger partial charge on any atom is -0.466 e. The monoisotopic (exact) mass is 168 g/mol. The van der Waals surface area contributed by atoms with Gasteiger partial charge in [0, 0.05) is 0 Å². The summed E-state index contributed by atoms with van der Waals surface area (Å²) in [7, 11) is 0. The fourth-order valence-corrected chi connectivity index (χ4v) is 1.46. The first-order valence-corrected chi connectivity index (χ1v) is 4.46. The fraction of sp³-hybridized carbons (Fsp3) is 0.700. The van der Waals surface area contributed by atoms with E-state index in [1.807, 2.05) is 13.8 Å². The Morgan fingerprint density at radius 3 is 2.83 bits per heavy atom. The van der Waals surface area contributed by atoms with Gasteiger partial charge in [0.05, 0.1) is 12.5 Å². The topological polar surface area (TPSA) is 26.3 Å². The largest absolute Gasteiger partial charge is 0.466 e. The van der Waals surface area contributed by atoms with Crippen molar-refractivity contribution in [3.63, 3.8) is 0 Å². The number of carbonyl (C=O) groups is 1. The van der Waals surface area contributed by atoms with Gasteiger partial charge >= 0.3 is 5.97 Å². The van der Waals surface area contributed by atoms with E-state index in [0.717, 1.165) is 18.4 Å². The molecule has 2 nitrogen and oxygen atoms in total. The summed E-state index contributed by atoms with van der Waals surface area (Å²) >= 11 is 0. The molecule has 0 bridgehead atoms. The minimum atomic E-state index is -0.0243. The molecule has 1 saturated carbocycles. The maximum atomic E-state index is 11.1. The van der Waals surface area contributed by atoms with Gasteiger partial charge in [0.2, 0.25) is 0 Å². The van der Waals surface area contributed by atoms with Gasteiger partial charge in [-0.25, -0.2) is 0 Å². The standard InChI is InChI=1S/C10H16O2/c1-4-12-10(11)9-6-8(9)5-7(2)3/h8-9H,2,4-6H2,1,3H3. The molecular formula is C10H16O2. The zero-order valence-electron chi connectivity index (χ0n) is 7.80. The van der Waals surface area contributed by atoms with Crippen LogP contribution in [0.2, 0.25) is 0 Å². The molecule has 0 aromatic heterocycles. The van der Waals surface area contributed by atoms with Crippen LogP contribution >= 0.6 is 0 Å². The Labute approximate surface area is 73.6 Å². The molecule has 0 spiro atoms. The Hall–Kier alpha value is -0.790. The number of hydrogen-bond acceptors (Lipinski definition) is 2. The summed E-state index contributed by atoms with van der Waals surface area (Å²) in [6.45, 7) is 8.16. The third kappa shape index (κ3) is 2.36. The Bertz CT molecular complexity index is 196. The van der Waals surface area contributed by atoms with E-state index < -0.39 is 0 Å². The van der Waals surface area contributed by atoms with E-state index in [2.05, 4.69) is 6.58 Å². The molecular weight excluding hydrogens is 152 g/mol. The Morgan fingerprint density at radius 2 is 2.33 bits per heavy atom. The lowest BCUT2D eigenvalue weighted by atomic mass is 10.1. The number of ether oxygens (including phenoxy) is 1. The maximum Gasteiger partial charge on any atom is 0.309 e. The van der Waals surface area contributed by atoms with Gasteiger partial charge in [0.15, 0.2) is 0 Å². The van der Waals surface area contributed by atoms with Crippen LogP contribution < -0.4 is 0 Å². The average Bonchev–Trinajstić information content (AvgIpc) is 2.67. The molecule has 0 N–H and O–H groups in total. The lowest BCUT2D eigenvalue weighted by Crippen LogP contribution is -2.07. The summed E-state index contributed by atoms with van der Waals surface area (Å²) in [6, 6.07) is 0. The summed E-state index contributed by atoms with van der Waals surface area (Å²) in [5.74, 6) is 0.659. The molecule has 2 atom stereocenters. The summed E-state index contributed by atoms with van der Waals surface area (Å²) < 4.78 is 4.91. The highest BCUT2D eigenvalue weighted by Crippen LogP contribution is 2.43. The molecule has 1 aliphatic rings. The third-order valence-electron chi connectivity index (χ3n) is 2.12. The molecule has 0 aromatic carbocycles. The van der Waals surface area contributed by atoms with Gasteiger partial charge in [0.1, 0.15) is 0 Å². The van der Waals surface area contributed by atoms with Crippen LogP contribution in [-0.2, 0) is 9.53 Å². The number of hydrogen-bond donors (Lipinski definition) is 0. The highest BCUT2D eigenvalue weighted by Gasteiger charge is 2.43. The maximum absolute atomic E-state index is 11.1. The Balaban J connectivity index is 2.23. The second-order valence-corrected chi connectivity index (χ2v) is 3.52. The summed E-state index contributed by atoms with van der Waals surface area (Å²) in [5, 5.41) is 0. The van der Waals surface area contributed by atoms with Crippen molar-refractivity contribution in [1.29, 1.82) is 0 Å². The smallest absolute Gasteiger partial charge is 0.309 e. The lowest BCUT2D eigenvalue weighted by molar-refractivity contribution is -0.145. The minimum absolute atomic E-state index is 0.0243. The predicted molar refractivity (Wildman–Crippen MR) is 47.7 cm³/mol. The zero-order valence-corrected chi connectivity index (χ0v) is 7.80. The lowest BCUT2D eigenvalue weighted by Gasteiger charge is -2.00. The molecule has 12 heavy (non-hydrogen) atoms.